The van der Waals surface area contributed by atoms with E-state index in [1.165, 1.54) is 12.1 Å². The zero-order chi connectivity index (χ0) is 16.8. The van der Waals surface area contributed by atoms with Gasteiger partial charge < -0.3 is 14.6 Å². The van der Waals surface area contributed by atoms with Crippen LogP contribution in [0.15, 0.2) is 42.5 Å². The van der Waals surface area contributed by atoms with Gasteiger partial charge in [0.2, 0.25) is 0 Å². The third kappa shape index (κ3) is 3.69. The molecule has 0 unspecified atom stereocenters. The summed E-state index contributed by atoms with van der Waals surface area (Å²) in [6.07, 6.45) is 1.71. The van der Waals surface area contributed by atoms with Crippen LogP contribution in [0.5, 0.6) is 11.5 Å². The highest BCUT2D eigenvalue weighted by molar-refractivity contribution is 5.92. The second-order valence-corrected chi connectivity index (χ2v) is 4.67. The van der Waals surface area contributed by atoms with E-state index < -0.39 is 5.97 Å². The maximum absolute atomic E-state index is 10.9. The van der Waals surface area contributed by atoms with Crippen LogP contribution in [0.25, 0.3) is 11.6 Å². The highest BCUT2D eigenvalue weighted by Crippen LogP contribution is 2.29. The Bertz CT molecular complexity index is 786. The Morgan fingerprint density at radius 2 is 1.65 bits per heavy atom. The predicted molar refractivity (Wildman–Crippen MR) is 86.4 cm³/mol. The summed E-state index contributed by atoms with van der Waals surface area (Å²) >= 11 is 0. The lowest BCUT2D eigenvalue weighted by Crippen LogP contribution is -1.95. The van der Waals surface area contributed by atoms with Crippen LogP contribution in [-0.4, -0.2) is 25.3 Å². The van der Waals surface area contributed by atoms with Crippen LogP contribution < -0.4 is 9.47 Å². The SMILES string of the molecule is COc1ccc(/C=C(\C#N)c2ccc(C(=O)O)cc2)cc1OC. The Morgan fingerprint density at radius 1 is 1.04 bits per heavy atom. The molecule has 116 valence electrons. The minimum absolute atomic E-state index is 0.178. The van der Waals surface area contributed by atoms with Gasteiger partial charge in [0.15, 0.2) is 11.5 Å². The molecule has 0 fully saturated rings. The molecule has 0 spiro atoms. The molecule has 2 aromatic rings. The minimum Gasteiger partial charge on any atom is -0.493 e. The van der Waals surface area contributed by atoms with Crippen molar-refractivity contribution < 1.29 is 19.4 Å². The van der Waals surface area contributed by atoms with Gasteiger partial charge in [-0.2, -0.15) is 5.26 Å². The Labute approximate surface area is 134 Å². The number of hydrogen-bond donors (Lipinski definition) is 1. The fourth-order valence-electron chi connectivity index (χ4n) is 2.08. The van der Waals surface area contributed by atoms with Crippen molar-refractivity contribution in [2.75, 3.05) is 14.2 Å². The summed E-state index contributed by atoms with van der Waals surface area (Å²) in [6, 6.07) is 13.6. The van der Waals surface area contributed by atoms with Gasteiger partial charge in [0.1, 0.15) is 0 Å². The number of hydrogen-bond acceptors (Lipinski definition) is 4. The zero-order valence-electron chi connectivity index (χ0n) is 12.7. The molecule has 0 saturated carbocycles. The molecule has 2 rings (SSSR count). The average Bonchev–Trinajstić information content (AvgIpc) is 2.59. The molecule has 0 heterocycles. The molecule has 23 heavy (non-hydrogen) atoms. The van der Waals surface area contributed by atoms with E-state index in [9.17, 15) is 10.1 Å². The maximum atomic E-state index is 10.9. The molecule has 0 aliphatic rings. The van der Waals surface area contributed by atoms with E-state index in [4.69, 9.17) is 14.6 Å². The third-order valence-electron chi connectivity index (χ3n) is 3.28. The first kappa shape index (κ1) is 16.1. The number of methoxy groups -OCH3 is 2. The summed E-state index contributed by atoms with van der Waals surface area (Å²) < 4.78 is 10.4. The first-order chi connectivity index (χ1) is 11.1. The topological polar surface area (TPSA) is 79.5 Å². The fraction of sp³-hybridized carbons (Fsp3) is 0.111. The lowest BCUT2D eigenvalue weighted by atomic mass is 10.0. The number of carboxylic acids is 1. The molecule has 0 radical (unpaired) electrons. The zero-order valence-corrected chi connectivity index (χ0v) is 12.7. The standard InChI is InChI=1S/C18H15NO4/c1-22-16-8-3-12(10-17(16)23-2)9-15(11-19)13-4-6-14(7-5-13)18(20)21/h3-10H,1-2H3,(H,20,21)/b15-9+. The monoisotopic (exact) mass is 309 g/mol. The van der Waals surface area contributed by atoms with Crippen LogP contribution in [0.4, 0.5) is 0 Å². The summed E-state index contributed by atoms with van der Waals surface area (Å²) in [5.41, 5.74) is 2.03. The summed E-state index contributed by atoms with van der Waals surface area (Å²) in [5.74, 6) is 0.174. The Kier molecular flexibility index (Phi) is 5.00. The van der Waals surface area contributed by atoms with Crippen molar-refractivity contribution in [3.63, 3.8) is 0 Å². The Balaban J connectivity index is 2.39. The fourth-order valence-corrected chi connectivity index (χ4v) is 2.08. The quantitative estimate of drug-likeness (QED) is 0.676. The van der Waals surface area contributed by atoms with E-state index in [2.05, 4.69) is 6.07 Å². The van der Waals surface area contributed by atoms with Crippen molar-refractivity contribution >= 4 is 17.6 Å². The van der Waals surface area contributed by atoms with Crippen LogP contribution in [0.1, 0.15) is 21.5 Å². The number of nitrogens with zero attached hydrogens (tertiary/aromatic N) is 1. The largest absolute Gasteiger partial charge is 0.493 e. The van der Waals surface area contributed by atoms with Crippen LogP contribution >= 0.6 is 0 Å². The van der Waals surface area contributed by atoms with Gasteiger partial charge in [0.25, 0.3) is 0 Å². The van der Waals surface area contributed by atoms with Gasteiger partial charge in [-0.15, -0.1) is 0 Å². The second-order valence-electron chi connectivity index (χ2n) is 4.67. The Morgan fingerprint density at radius 3 is 2.17 bits per heavy atom. The molecular weight excluding hydrogens is 294 g/mol. The van der Waals surface area contributed by atoms with Crippen molar-refractivity contribution in [2.24, 2.45) is 0 Å². The smallest absolute Gasteiger partial charge is 0.335 e. The molecule has 0 bridgehead atoms. The summed E-state index contributed by atoms with van der Waals surface area (Å²) in [4.78, 5) is 10.9. The van der Waals surface area contributed by atoms with Crippen LogP contribution in [0, 0.1) is 11.3 Å². The molecule has 1 N–H and O–H groups in total. The van der Waals surface area contributed by atoms with Gasteiger partial charge in [-0.1, -0.05) is 18.2 Å². The van der Waals surface area contributed by atoms with Crippen LogP contribution in [0.2, 0.25) is 0 Å². The molecule has 5 heteroatoms. The number of benzene rings is 2. The average molecular weight is 309 g/mol. The highest BCUT2D eigenvalue weighted by atomic mass is 16.5. The number of carboxylic acid groups (broad SMARTS) is 1. The molecule has 0 saturated heterocycles. The lowest BCUT2D eigenvalue weighted by Gasteiger charge is -2.08. The number of aromatic carboxylic acids is 1. The molecule has 2 aromatic carbocycles. The van der Waals surface area contributed by atoms with E-state index in [0.717, 1.165) is 5.56 Å². The highest BCUT2D eigenvalue weighted by Gasteiger charge is 2.07. The molecule has 0 aromatic heterocycles. The molecule has 0 aliphatic carbocycles. The van der Waals surface area contributed by atoms with Gasteiger partial charge in [0.05, 0.1) is 31.4 Å². The predicted octanol–water partition coefficient (Wildman–Crippen LogP) is 3.47. The number of nitriles is 1. The normalized spacial score (nSPS) is 10.7. The van der Waals surface area contributed by atoms with E-state index in [0.29, 0.717) is 22.6 Å². The van der Waals surface area contributed by atoms with Gasteiger partial charge in [-0.3, -0.25) is 0 Å². The number of carbonyl (C=O) groups is 1. The molecule has 5 nitrogen and oxygen atoms in total. The Hall–Kier alpha value is -3.26. The number of allylic oxidation sites excluding steroid dienone is 1. The third-order valence-corrected chi connectivity index (χ3v) is 3.28. The second kappa shape index (κ2) is 7.14. The van der Waals surface area contributed by atoms with Gasteiger partial charge in [0, 0.05) is 0 Å². The van der Waals surface area contributed by atoms with Crippen molar-refractivity contribution in [3.05, 3.63) is 59.2 Å². The minimum atomic E-state index is -1.00. The van der Waals surface area contributed by atoms with Crippen molar-refractivity contribution in [1.29, 1.82) is 5.26 Å². The van der Waals surface area contributed by atoms with Crippen molar-refractivity contribution in [3.8, 4) is 17.6 Å². The summed E-state index contributed by atoms with van der Waals surface area (Å²) in [7, 11) is 3.10. The maximum Gasteiger partial charge on any atom is 0.335 e. The molecular formula is C18H15NO4. The van der Waals surface area contributed by atoms with Gasteiger partial charge in [-0.05, 0) is 41.5 Å². The van der Waals surface area contributed by atoms with E-state index in [-0.39, 0.29) is 5.56 Å². The van der Waals surface area contributed by atoms with Crippen molar-refractivity contribution in [1.82, 2.24) is 0 Å². The van der Waals surface area contributed by atoms with E-state index in [1.54, 1.807) is 44.6 Å². The molecule has 0 amide bonds. The van der Waals surface area contributed by atoms with Gasteiger partial charge in [-0.25, -0.2) is 4.79 Å². The van der Waals surface area contributed by atoms with Crippen LogP contribution in [0.3, 0.4) is 0 Å². The van der Waals surface area contributed by atoms with E-state index in [1.807, 2.05) is 6.07 Å². The first-order valence-electron chi connectivity index (χ1n) is 6.76. The first-order valence-corrected chi connectivity index (χ1v) is 6.76. The van der Waals surface area contributed by atoms with E-state index >= 15 is 0 Å². The molecule has 0 atom stereocenters. The molecule has 0 aliphatic heterocycles. The van der Waals surface area contributed by atoms with Gasteiger partial charge >= 0.3 is 5.97 Å². The summed E-state index contributed by atoms with van der Waals surface area (Å²) in [6.45, 7) is 0. The van der Waals surface area contributed by atoms with Crippen LogP contribution in [-0.2, 0) is 0 Å². The summed E-state index contributed by atoms with van der Waals surface area (Å²) in [5, 5.41) is 18.3. The van der Waals surface area contributed by atoms with Crippen molar-refractivity contribution in [2.45, 2.75) is 0 Å². The number of ether oxygens (including phenoxy) is 2. The lowest BCUT2D eigenvalue weighted by molar-refractivity contribution is 0.0697. The number of rotatable bonds is 5.